The van der Waals surface area contributed by atoms with E-state index in [1.807, 2.05) is 0 Å². The predicted octanol–water partition coefficient (Wildman–Crippen LogP) is 1.05. The van der Waals surface area contributed by atoms with Crippen LogP contribution in [-0.4, -0.2) is 5.60 Å². The van der Waals surface area contributed by atoms with Gasteiger partial charge in [-0.2, -0.15) is 0 Å². The maximum Gasteiger partial charge on any atom is 1.00 e. The summed E-state index contributed by atoms with van der Waals surface area (Å²) in [7, 11) is 0. The van der Waals surface area contributed by atoms with Crippen LogP contribution in [-0.2, 0) is 0 Å². The average Bonchev–Trinajstić information content (AvgIpc) is 2.14. The zero-order valence-corrected chi connectivity index (χ0v) is 15.1. The quantitative estimate of drug-likeness (QED) is 0.421. The molecule has 0 aliphatic rings. The van der Waals surface area contributed by atoms with Crippen molar-refractivity contribution in [2.75, 3.05) is 0 Å². The van der Waals surface area contributed by atoms with Crippen LogP contribution in [0.25, 0.3) is 0 Å². The van der Waals surface area contributed by atoms with Gasteiger partial charge in [-0.1, -0.05) is 85.0 Å². The van der Waals surface area contributed by atoms with Crippen molar-refractivity contribution < 1.29 is 56.5 Å². The number of unbranched alkanes of at least 4 members (excludes halogenated alkanes) is 8. The first-order valence-electron chi connectivity index (χ1n) is 6.76. The minimum absolute atomic E-state index is 0. The fraction of sp³-hybridized carbons (Fsp3) is 1.00. The summed E-state index contributed by atoms with van der Waals surface area (Å²) in [5.41, 5.74) is -0.707. The van der Waals surface area contributed by atoms with Gasteiger partial charge in [0.1, 0.15) is 0 Å². The third-order valence-corrected chi connectivity index (χ3v) is 2.88. The molecule has 0 rings (SSSR count). The SMILES string of the molecule is CCCCCCCCCCCC(C)(C)[O-].[K+]. The predicted molar refractivity (Wildman–Crippen MR) is 65.9 cm³/mol. The van der Waals surface area contributed by atoms with Gasteiger partial charge in [-0.05, 0) is 0 Å². The van der Waals surface area contributed by atoms with Crippen LogP contribution >= 0.6 is 0 Å². The van der Waals surface area contributed by atoms with Crippen molar-refractivity contribution in [3.8, 4) is 0 Å². The fourth-order valence-corrected chi connectivity index (χ4v) is 1.86. The molecule has 0 aliphatic heterocycles. The number of hydrogen-bond acceptors (Lipinski definition) is 1. The van der Waals surface area contributed by atoms with Crippen molar-refractivity contribution in [2.24, 2.45) is 0 Å². The molecule has 0 amide bonds. The Morgan fingerprint density at radius 1 is 0.750 bits per heavy atom. The van der Waals surface area contributed by atoms with Crippen molar-refractivity contribution in [1.29, 1.82) is 0 Å². The van der Waals surface area contributed by atoms with E-state index in [0.29, 0.717) is 0 Å². The Labute approximate surface area is 145 Å². The Morgan fingerprint density at radius 2 is 1.12 bits per heavy atom. The second kappa shape index (κ2) is 13.0. The molecule has 0 radical (unpaired) electrons. The van der Waals surface area contributed by atoms with E-state index in [9.17, 15) is 5.11 Å². The Hall–Kier alpha value is 1.60. The van der Waals surface area contributed by atoms with Crippen LogP contribution in [0.3, 0.4) is 0 Å². The molecule has 0 aromatic heterocycles. The average molecular weight is 252 g/mol. The first-order valence-corrected chi connectivity index (χ1v) is 6.76. The Kier molecular flexibility index (Phi) is 16.2. The molecule has 0 atom stereocenters. The minimum Gasteiger partial charge on any atom is -0.850 e. The summed E-state index contributed by atoms with van der Waals surface area (Å²) < 4.78 is 0. The van der Waals surface area contributed by atoms with Crippen LogP contribution in [0.1, 0.15) is 85.0 Å². The third kappa shape index (κ3) is 18.0. The van der Waals surface area contributed by atoms with E-state index in [4.69, 9.17) is 0 Å². The molecule has 0 spiro atoms. The summed E-state index contributed by atoms with van der Waals surface area (Å²) in [6.45, 7) is 5.83. The first-order chi connectivity index (χ1) is 7.06. The molecule has 1 nitrogen and oxygen atoms in total. The summed E-state index contributed by atoms with van der Waals surface area (Å²) >= 11 is 0. The van der Waals surface area contributed by atoms with Crippen molar-refractivity contribution >= 4 is 0 Å². The summed E-state index contributed by atoms with van der Waals surface area (Å²) in [6.07, 6.45) is 12.8. The number of hydrogen-bond donors (Lipinski definition) is 0. The van der Waals surface area contributed by atoms with Gasteiger partial charge in [0, 0.05) is 0 Å². The standard InChI is InChI=1S/C14H29O.K/c1-4-5-6-7-8-9-10-11-12-13-14(2,3)15;/h4-13H2,1-3H3;/q-1;+1. The molecule has 0 heterocycles. The molecule has 0 saturated heterocycles. The molecule has 16 heavy (non-hydrogen) atoms. The summed E-state index contributed by atoms with van der Waals surface area (Å²) in [5.74, 6) is 0. The van der Waals surface area contributed by atoms with Gasteiger partial charge in [-0.15, -0.1) is 5.60 Å². The Balaban J connectivity index is 0. The first kappa shape index (κ1) is 19.9. The van der Waals surface area contributed by atoms with Gasteiger partial charge >= 0.3 is 51.4 Å². The van der Waals surface area contributed by atoms with Gasteiger partial charge in [0.15, 0.2) is 0 Å². The van der Waals surface area contributed by atoms with Crippen molar-refractivity contribution in [2.45, 2.75) is 90.6 Å². The summed E-state index contributed by atoms with van der Waals surface area (Å²) in [4.78, 5) is 0. The van der Waals surface area contributed by atoms with Crippen LogP contribution in [0.2, 0.25) is 0 Å². The molecule has 92 valence electrons. The van der Waals surface area contributed by atoms with Gasteiger partial charge in [0.05, 0.1) is 0 Å². The molecule has 0 aliphatic carbocycles. The van der Waals surface area contributed by atoms with Crippen molar-refractivity contribution in [3.63, 3.8) is 0 Å². The molecule has 0 bridgehead atoms. The van der Waals surface area contributed by atoms with E-state index in [2.05, 4.69) is 6.92 Å². The molecular formula is C14H29KO. The monoisotopic (exact) mass is 252 g/mol. The van der Waals surface area contributed by atoms with Crippen LogP contribution in [0.5, 0.6) is 0 Å². The van der Waals surface area contributed by atoms with E-state index < -0.39 is 5.60 Å². The van der Waals surface area contributed by atoms with Crippen molar-refractivity contribution in [3.05, 3.63) is 0 Å². The maximum atomic E-state index is 11.3. The zero-order valence-electron chi connectivity index (χ0n) is 12.0. The minimum atomic E-state index is -0.707. The molecular weight excluding hydrogens is 223 g/mol. The smallest absolute Gasteiger partial charge is 0.850 e. The van der Waals surface area contributed by atoms with Crippen LogP contribution in [0.15, 0.2) is 0 Å². The molecule has 0 fully saturated rings. The van der Waals surface area contributed by atoms with Gasteiger partial charge < -0.3 is 5.11 Å². The van der Waals surface area contributed by atoms with E-state index in [0.717, 1.165) is 12.8 Å². The number of rotatable bonds is 10. The van der Waals surface area contributed by atoms with Gasteiger partial charge in [0.2, 0.25) is 0 Å². The van der Waals surface area contributed by atoms with Crippen LogP contribution in [0, 0.1) is 0 Å². The molecule has 0 aromatic rings. The largest absolute Gasteiger partial charge is 1.00 e. The van der Waals surface area contributed by atoms with E-state index in [1.54, 1.807) is 13.8 Å². The van der Waals surface area contributed by atoms with E-state index >= 15 is 0 Å². The molecule has 0 aromatic carbocycles. The molecule has 0 N–H and O–H groups in total. The third-order valence-electron chi connectivity index (χ3n) is 2.88. The molecule has 0 saturated carbocycles. The topological polar surface area (TPSA) is 23.1 Å². The fourth-order valence-electron chi connectivity index (χ4n) is 1.86. The normalized spacial score (nSPS) is 11.2. The maximum absolute atomic E-state index is 11.3. The van der Waals surface area contributed by atoms with E-state index in [-0.39, 0.29) is 51.4 Å². The van der Waals surface area contributed by atoms with Crippen LogP contribution < -0.4 is 56.5 Å². The van der Waals surface area contributed by atoms with Gasteiger partial charge in [-0.3, -0.25) is 0 Å². The molecule has 2 heteroatoms. The summed E-state index contributed by atoms with van der Waals surface area (Å²) in [5, 5.41) is 11.3. The van der Waals surface area contributed by atoms with E-state index in [1.165, 1.54) is 51.4 Å². The van der Waals surface area contributed by atoms with Crippen molar-refractivity contribution in [1.82, 2.24) is 0 Å². The second-order valence-electron chi connectivity index (χ2n) is 5.34. The zero-order chi connectivity index (χ0) is 11.6. The molecule has 0 unspecified atom stereocenters. The Morgan fingerprint density at radius 3 is 1.50 bits per heavy atom. The van der Waals surface area contributed by atoms with Crippen LogP contribution in [0.4, 0.5) is 0 Å². The summed E-state index contributed by atoms with van der Waals surface area (Å²) in [6, 6.07) is 0. The second-order valence-corrected chi connectivity index (χ2v) is 5.34. The Bertz CT molecular complexity index is 129. The van der Waals surface area contributed by atoms with Gasteiger partial charge in [-0.25, -0.2) is 0 Å². The van der Waals surface area contributed by atoms with Gasteiger partial charge in [0.25, 0.3) is 0 Å².